The van der Waals surface area contributed by atoms with Crippen molar-refractivity contribution >= 4 is 11.8 Å². The molecule has 0 saturated carbocycles. The topological polar surface area (TPSA) is 55.1 Å². The molecular formula is C18H20N4OS. The van der Waals surface area contributed by atoms with E-state index in [4.69, 9.17) is 4.42 Å². The third-order valence-electron chi connectivity index (χ3n) is 3.70. The molecule has 3 rings (SSSR count). The predicted molar refractivity (Wildman–Crippen MR) is 95.7 cm³/mol. The van der Waals surface area contributed by atoms with Gasteiger partial charge in [0.05, 0.1) is 11.4 Å². The summed E-state index contributed by atoms with van der Waals surface area (Å²) in [5.41, 5.74) is 2.89. The fourth-order valence-corrected chi connectivity index (χ4v) is 2.84. The summed E-state index contributed by atoms with van der Waals surface area (Å²) in [6, 6.07) is 8.26. The van der Waals surface area contributed by atoms with Crippen molar-refractivity contribution in [2.24, 2.45) is 0 Å². The van der Waals surface area contributed by atoms with Crippen molar-refractivity contribution in [2.45, 2.75) is 24.9 Å². The molecular weight excluding hydrogens is 320 g/mol. The van der Waals surface area contributed by atoms with Crippen LogP contribution in [0.4, 0.5) is 0 Å². The maximum atomic E-state index is 5.85. The molecule has 0 saturated heterocycles. The van der Waals surface area contributed by atoms with Crippen LogP contribution in [0.25, 0.3) is 11.5 Å². The van der Waals surface area contributed by atoms with Gasteiger partial charge >= 0.3 is 0 Å². The summed E-state index contributed by atoms with van der Waals surface area (Å²) in [6.45, 7) is 3.38. The van der Waals surface area contributed by atoms with Crippen molar-refractivity contribution in [1.82, 2.24) is 19.9 Å². The van der Waals surface area contributed by atoms with E-state index in [-0.39, 0.29) is 0 Å². The smallest absolute Gasteiger partial charge is 0.226 e. The highest BCUT2D eigenvalue weighted by atomic mass is 32.2. The summed E-state index contributed by atoms with van der Waals surface area (Å²) in [5, 5.41) is 0. The summed E-state index contributed by atoms with van der Waals surface area (Å²) in [6.07, 6.45) is 7.24. The van der Waals surface area contributed by atoms with Gasteiger partial charge in [0.1, 0.15) is 5.76 Å². The van der Waals surface area contributed by atoms with E-state index in [1.807, 2.05) is 26.1 Å². The molecule has 0 aliphatic heterocycles. The average Bonchev–Trinajstić information content (AvgIpc) is 2.96. The second kappa shape index (κ2) is 7.59. The molecule has 24 heavy (non-hydrogen) atoms. The van der Waals surface area contributed by atoms with Gasteiger partial charge < -0.3 is 4.42 Å². The third-order valence-corrected chi connectivity index (χ3v) is 4.44. The Morgan fingerprint density at radius 2 is 1.92 bits per heavy atom. The summed E-state index contributed by atoms with van der Waals surface area (Å²) < 4.78 is 5.85. The molecule has 3 aromatic rings. The summed E-state index contributed by atoms with van der Waals surface area (Å²) in [4.78, 5) is 16.4. The minimum Gasteiger partial charge on any atom is -0.441 e. The maximum absolute atomic E-state index is 5.85. The van der Waals surface area contributed by atoms with Crippen molar-refractivity contribution in [3.8, 4) is 11.5 Å². The molecule has 0 aliphatic carbocycles. The summed E-state index contributed by atoms with van der Waals surface area (Å²) in [7, 11) is 2.04. The zero-order valence-corrected chi connectivity index (χ0v) is 14.9. The van der Waals surface area contributed by atoms with Crippen LogP contribution in [0.1, 0.15) is 17.1 Å². The Morgan fingerprint density at radius 3 is 2.58 bits per heavy atom. The zero-order valence-electron chi connectivity index (χ0n) is 14.1. The van der Waals surface area contributed by atoms with Gasteiger partial charge in [-0.05, 0) is 44.5 Å². The Balaban J connectivity index is 1.71. The second-order valence-electron chi connectivity index (χ2n) is 5.62. The molecule has 0 bridgehead atoms. The molecule has 5 nitrogen and oxygen atoms in total. The molecule has 0 spiro atoms. The lowest BCUT2D eigenvalue weighted by atomic mass is 10.2. The van der Waals surface area contributed by atoms with E-state index in [1.54, 1.807) is 30.4 Å². The predicted octanol–water partition coefficient (Wildman–Crippen LogP) is 3.79. The minimum atomic E-state index is 0.669. The van der Waals surface area contributed by atoms with Crippen LogP contribution in [0.3, 0.4) is 0 Å². The molecule has 0 fully saturated rings. The third kappa shape index (κ3) is 4.01. The normalized spacial score (nSPS) is 11.2. The van der Waals surface area contributed by atoms with E-state index in [1.165, 1.54) is 4.90 Å². The van der Waals surface area contributed by atoms with Crippen LogP contribution in [-0.4, -0.2) is 33.2 Å². The van der Waals surface area contributed by atoms with E-state index in [9.17, 15) is 0 Å². The second-order valence-corrected chi connectivity index (χ2v) is 6.50. The van der Waals surface area contributed by atoms with Gasteiger partial charge in [0.15, 0.2) is 0 Å². The number of hydrogen-bond donors (Lipinski definition) is 0. The van der Waals surface area contributed by atoms with Gasteiger partial charge in [-0.1, -0.05) is 0 Å². The number of benzene rings is 1. The Kier molecular flexibility index (Phi) is 5.27. The molecule has 0 N–H and O–H groups in total. The van der Waals surface area contributed by atoms with Gasteiger partial charge in [-0.2, -0.15) is 0 Å². The van der Waals surface area contributed by atoms with Crippen molar-refractivity contribution in [1.29, 1.82) is 0 Å². The molecule has 6 heteroatoms. The molecule has 0 atom stereocenters. The monoisotopic (exact) mass is 340 g/mol. The number of hydrogen-bond acceptors (Lipinski definition) is 6. The van der Waals surface area contributed by atoms with Crippen molar-refractivity contribution in [3.63, 3.8) is 0 Å². The van der Waals surface area contributed by atoms with Gasteiger partial charge in [-0.25, -0.2) is 4.98 Å². The quantitative estimate of drug-likeness (QED) is 0.636. The van der Waals surface area contributed by atoms with Crippen molar-refractivity contribution < 1.29 is 4.42 Å². The first-order chi connectivity index (χ1) is 11.7. The van der Waals surface area contributed by atoms with Gasteiger partial charge in [-0.3, -0.25) is 14.9 Å². The zero-order chi connectivity index (χ0) is 16.9. The number of rotatable bonds is 6. The van der Waals surface area contributed by atoms with Crippen LogP contribution in [-0.2, 0) is 13.1 Å². The number of aromatic nitrogens is 3. The van der Waals surface area contributed by atoms with Crippen molar-refractivity contribution in [3.05, 3.63) is 60.0 Å². The Morgan fingerprint density at radius 1 is 1.12 bits per heavy atom. The number of nitrogens with zero attached hydrogens (tertiary/aromatic N) is 4. The molecule has 1 aromatic carbocycles. The maximum Gasteiger partial charge on any atom is 0.226 e. The van der Waals surface area contributed by atoms with Crippen molar-refractivity contribution in [2.75, 3.05) is 13.3 Å². The number of oxazole rings is 1. The van der Waals surface area contributed by atoms with E-state index in [0.717, 1.165) is 29.3 Å². The Bertz CT molecular complexity index is 787. The highest BCUT2D eigenvalue weighted by Crippen LogP contribution is 2.25. The molecule has 0 aliphatic rings. The summed E-state index contributed by atoms with van der Waals surface area (Å²) >= 11 is 1.72. The van der Waals surface area contributed by atoms with Gasteiger partial charge in [-0.15, -0.1) is 11.8 Å². The van der Waals surface area contributed by atoms with Crippen LogP contribution < -0.4 is 0 Å². The SMILES string of the molecule is CSc1ccc(-c2nc(CN(C)Cc3cnccn3)c(C)o2)cc1. The number of thioether (sulfide) groups is 1. The van der Waals surface area contributed by atoms with Gasteiger partial charge in [0, 0.05) is 42.1 Å². The first-order valence-electron chi connectivity index (χ1n) is 7.70. The summed E-state index contributed by atoms with van der Waals surface area (Å²) in [5.74, 6) is 1.52. The molecule has 0 unspecified atom stereocenters. The van der Waals surface area contributed by atoms with E-state index in [2.05, 4.69) is 38.2 Å². The lowest BCUT2D eigenvalue weighted by Gasteiger charge is -2.14. The van der Waals surface area contributed by atoms with E-state index >= 15 is 0 Å². The highest BCUT2D eigenvalue weighted by molar-refractivity contribution is 7.98. The van der Waals surface area contributed by atoms with E-state index in [0.29, 0.717) is 12.4 Å². The Labute approximate surface area is 146 Å². The fourth-order valence-electron chi connectivity index (χ4n) is 2.43. The molecule has 0 radical (unpaired) electrons. The molecule has 2 aromatic heterocycles. The minimum absolute atomic E-state index is 0.669. The lowest BCUT2D eigenvalue weighted by Crippen LogP contribution is -2.18. The van der Waals surface area contributed by atoms with E-state index < -0.39 is 0 Å². The van der Waals surface area contributed by atoms with Crippen LogP contribution in [0, 0.1) is 6.92 Å². The largest absolute Gasteiger partial charge is 0.441 e. The molecule has 2 heterocycles. The lowest BCUT2D eigenvalue weighted by molar-refractivity contribution is 0.309. The first kappa shape index (κ1) is 16.7. The van der Waals surface area contributed by atoms with Crippen LogP contribution in [0.2, 0.25) is 0 Å². The molecule has 0 amide bonds. The van der Waals surface area contributed by atoms with Gasteiger partial charge in [0.25, 0.3) is 0 Å². The number of aryl methyl sites for hydroxylation is 1. The van der Waals surface area contributed by atoms with Crippen LogP contribution in [0.15, 0.2) is 52.2 Å². The van der Waals surface area contributed by atoms with Gasteiger partial charge in [0.2, 0.25) is 5.89 Å². The first-order valence-corrected chi connectivity index (χ1v) is 8.92. The van der Waals surface area contributed by atoms with Crippen LogP contribution >= 0.6 is 11.8 Å². The average molecular weight is 340 g/mol. The fraction of sp³-hybridized carbons (Fsp3) is 0.278. The standard InChI is InChI=1S/C18H20N4OS/c1-13-17(12-22(2)11-15-10-19-8-9-20-15)21-18(23-13)14-4-6-16(24-3)7-5-14/h4-10H,11-12H2,1-3H3. The van der Waals surface area contributed by atoms with Crippen LogP contribution in [0.5, 0.6) is 0 Å². The Hall–Kier alpha value is -2.18. The highest BCUT2D eigenvalue weighted by Gasteiger charge is 2.13. The molecule has 124 valence electrons.